The summed E-state index contributed by atoms with van der Waals surface area (Å²) < 4.78 is 11.8. The van der Waals surface area contributed by atoms with Crippen molar-refractivity contribution in [2.24, 2.45) is 21.8 Å². The number of hydrogen-bond acceptors (Lipinski definition) is 4. The molecule has 2 aliphatic rings. The predicted molar refractivity (Wildman–Crippen MR) is 98.1 cm³/mol. The Labute approximate surface area is 145 Å². The lowest BCUT2D eigenvalue weighted by Gasteiger charge is -2.12. The van der Waals surface area contributed by atoms with Gasteiger partial charge in [0.1, 0.15) is 13.2 Å². The van der Waals surface area contributed by atoms with E-state index in [-0.39, 0.29) is 12.1 Å². The van der Waals surface area contributed by atoms with Gasteiger partial charge < -0.3 is 9.47 Å². The highest BCUT2D eigenvalue weighted by atomic mass is 16.5. The van der Waals surface area contributed by atoms with Crippen LogP contribution in [0.2, 0.25) is 0 Å². The van der Waals surface area contributed by atoms with E-state index >= 15 is 0 Å². The maximum Gasteiger partial charge on any atom is 0.216 e. The quantitative estimate of drug-likeness (QED) is 0.841. The zero-order chi connectivity index (χ0) is 17.4. The van der Waals surface area contributed by atoms with E-state index in [0.29, 0.717) is 25.0 Å². The van der Waals surface area contributed by atoms with Gasteiger partial charge in [-0.05, 0) is 48.9 Å². The van der Waals surface area contributed by atoms with Crippen molar-refractivity contribution in [3.63, 3.8) is 0 Å². The number of nitrogens with zero attached hydrogens (tertiary/aromatic N) is 2. The maximum atomic E-state index is 5.90. The van der Waals surface area contributed by atoms with E-state index in [2.05, 4.69) is 53.7 Å². The summed E-state index contributed by atoms with van der Waals surface area (Å²) in [5, 5.41) is 0. The van der Waals surface area contributed by atoms with E-state index in [1.807, 2.05) is 0 Å². The molecule has 0 amide bonds. The van der Waals surface area contributed by atoms with E-state index in [0.717, 1.165) is 28.5 Å². The lowest BCUT2D eigenvalue weighted by molar-refractivity contribution is 0.291. The topological polar surface area (TPSA) is 43.2 Å². The Kier molecular flexibility index (Phi) is 4.66. The highest BCUT2D eigenvalue weighted by Crippen LogP contribution is 2.26. The summed E-state index contributed by atoms with van der Waals surface area (Å²) in [4.78, 5) is 9.57. The van der Waals surface area contributed by atoms with Crippen LogP contribution in [-0.4, -0.2) is 37.1 Å². The molecule has 4 nitrogen and oxygen atoms in total. The Morgan fingerprint density at radius 1 is 0.833 bits per heavy atom. The Hall–Kier alpha value is -1.84. The molecular weight excluding hydrogens is 300 g/mol. The largest absolute Gasteiger partial charge is 0.475 e. The molecule has 0 aromatic heterocycles. The Bertz CT molecular complexity index is 634. The normalized spacial score (nSPS) is 23.3. The second kappa shape index (κ2) is 6.58. The van der Waals surface area contributed by atoms with E-state index in [4.69, 9.17) is 19.5 Å². The van der Waals surface area contributed by atoms with Crippen molar-refractivity contribution in [1.82, 2.24) is 0 Å². The standard InChI is InChI=1S/C20H28N2O2/c1-11(2)17-9-23-19(21-17)15-7-13(5)8-16(14(15)6)20-22-18(10-24-20)12(3)4/h7-8,11-12,17-18H,9-10H2,1-6H3/t17-,18?/m0/s1. The molecule has 0 radical (unpaired) electrons. The van der Waals surface area contributed by atoms with Gasteiger partial charge in [-0.15, -0.1) is 0 Å². The smallest absolute Gasteiger partial charge is 0.216 e. The summed E-state index contributed by atoms with van der Waals surface area (Å²) >= 11 is 0. The molecule has 0 saturated carbocycles. The minimum atomic E-state index is 0.244. The van der Waals surface area contributed by atoms with Crippen LogP contribution in [0.1, 0.15) is 49.9 Å². The molecular formula is C20H28N2O2. The first-order chi connectivity index (χ1) is 11.4. The Morgan fingerprint density at radius 3 is 1.58 bits per heavy atom. The Balaban J connectivity index is 1.98. The van der Waals surface area contributed by atoms with Gasteiger partial charge in [-0.1, -0.05) is 27.7 Å². The summed E-state index contributed by atoms with van der Waals surface area (Å²) in [7, 11) is 0. The fraction of sp³-hybridized carbons (Fsp3) is 0.600. The van der Waals surface area contributed by atoms with Crippen molar-refractivity contribution in [3.05, 3.63) is 34.4 Å². The number of benzene rings is 1. The molecule has 0 saturated heterocycles. The minimum absolute atomic E-state index is 0.244. The average Bonchev–Trinajstić information content (AvgIpc) is 3.17. The van der Waals surface area contributed by atoms with Gasteiger partial charge >= 0.3 is 0 Å². The molecule has 2 heterocycles. The van der Waals surface area contributed by atoms with Gasteiger partial charge in [-0.3, -0.25) is 0 Å². The highest BCUT2D eigenvalue weighted by Gasteiger charge is 2.28. The van der Waals surface area contributed by atoms with E-state index in [1.54, 1.807) is 0 Å². The summed E-state index contributed by atoms with van der Waals surface area (Å²) in [6.45, 7) is 14.3. The van der Waals surface area contributed by atoms with E-state index in [9.17, 15) is 0 Å². The van der Waals surface area contributed by atoms with Gasteiger partial charge in [0, 0.05) is 11.1 Å². The van der Waals surface area contributed by atoms with Crippen molar-refractivity contribution in [1.29, 1.82) is 0 Å². The summed E-state index contributed by atoms with van der Waals surface area (Å²) in [5.41, 5.74) is 4.43. The fourth-order valence-corrected chi connectivity index (χ4v) is 3.06. The molecule has 2 atom stereocenters. The van der Waals surface area contributed by atoms with Crippen LogP contribution in [-0.2, 0) is 9.47 Å². The van der Waals surface area contributed by atoms with E-state index in [1.165, 1.54) is 5.56 Å². The molecule has 3 rings (SSSR count). The molecule has 1 aromatic carbocycles. The third-order valence-corrected chi connectivity index (χ3v) is 4.90. The molecule has 2 aliphatic heterocycles. The molecule has 0 fully saturated rings. The third kappa shape index (κ3) is 3.19. The SMILES string of the molecule is Cc1cc(C2=NC(C(C)C)CO2)c(C)c(C2=N[C@H](C(C)C)CO2)c1. The van der Waals surface area contributed by atoms with Gasteiger partial charge in [-0.25, -0.2) is 9.98 Å². The Morgan fingerprint density at radius 2 is 1.25 bits per heavy atom. The summed E-state index contributed by atoms with van der Waals surface area (Å²) in [6.07, 6.45) is 0. The van der Waals surface area contributed by atoms with Crippen LogP contribution in [0.3, 0.4) is 0 Å². The summed E-state index contributed by atoms with van der Waals surface area (Å²) in [5.74, 6) is 2.49. The lowest BCUT2D eigenvalue weighted by atomic mass is 9.98. The average molecular weight is 328 g/mol. The van der Waals surface area contributed by atoms with Crippen LogP contribution in [0.25, 0.3) is 0 Å². The van der Waals surface area contributed by atoms with Gasteiger partial charge in [0.05, 0.1) is 12.1 Å². The maximum absolute atomic E-state index is 5.90. The van der Waals surface area contributed by atoms with Gasteiger partial charge in [0.15, 0.2) is 0 Å². The van der Waals surface area contributed by atoms with Crippen molar-refractivity contribution in [2.45, 2.75) is 53.6 Å². The molecule has 1 unspecified atom stereocenters. The van der Waals surface area contributed by atoms with Crippen LogP contribution in [0.5, 0.6) is 0 Å². The second-order valence-corrected chi connectivity index (χ2v) is 7.60. The molecule has 130 valence electrons. The number of aryl methyl sites for hydroxylation is 1. The zero-order valence-corrected chi connectivity index (χ0v) is 15.6. The third-order valence-electron chi connectivity index (χ3n) is 4.90. The molecule has 0 N–H and O–H groups in total. The van der Waals surface area contributed by atoms with Crippen LogP contribution >= 0.6 is 0 Å². The first kappa shape index (κ1) is 17.0. The second-order valence-electron chi connectivity index (χ2n) is 7.60. The first-order valence-corrected chi connectivity index (χ1v) is 8.90. The molecule has 0 spiro atoms. The number of aliphatic imine (C=N–C) groups is 2. The van der Waals surface area contributed by atoms with Crippen LogP contribution in [0, 0.1) is 25.7 Å². The van der Waals surface area contributed by atoms with E-state index < -0.39 is 0 Å². The first-order valence-electron chi connectivity index (χ1n) is 8.90. The molecule has 4 heteroatoms. The van der Waals surface area contributed by atoms with Gasteiger partial charge in [0.2, 0.25) is 11.8 Å². The number of ether oxygens (including phenoxy) is 2. The van der Waals surface area contributed by atoms with Crippen LogP contribution < -0.4 is 0 Å². The van der Waals surface area contributed by atoms with Crippen molar-refractivity contribution in [2.75, 3.05) is 13.2 Å². The van der Waals surface area contributed by atoms with Crippen LogP contribution in [0.4, 0.5) is 0 Å². The summed E-state index contributed by atoms with van der Waals surface area (Å²) in [6, 6.07) is 4.79. The predicted octanol–water partition coefficient (Wildman–Crippen LogP) is 3.91. The van der Waals surface area contributed by atoms with Gasteiger partial charge in [0.25, 0.3) is 0 Å². The molecule has 0 bridgehead atoms. The van der Waals surface area contributed by atoms with Crippen molar-refractivity contribution in [3.8, 4) is 0 Å². The van der Waals surface area contributed by atoms with Crippen LogP contribution in [0.15, 0.2) is 22.1 Å². The number of hydrogen-bond donors (Lipinski definition) is 0. The lowest BCUT2D eigenvalue weighted by Crippen LogP contribution is -2.13. The molecule has 0 aliphatic carbocycles. The number of rotatable bonds is 4. The highest BCUT2D eigenvalue weighted by molar-refractivity contribution is 6.03. The fourth-order valence-electron chi connectivity index (χ4n) is 3.06. The monoisotopic (exact) mass is 328 g/mol. The zero-order valence-electron chi connectivity index (χ0n) is 15.6. The molecule has 1 aromatic rings. The van der Waals surface area contributed by atoms with Crippen molar-refractivity contribution >= 4 is 11.8 Å². The van der Waals surface area contributed by atoms with Gasteiger partial charge in [-0.2, -0.15) is 0 Å². The van der Waals surface area contributed by atoms with Crippen molar-refractivity contribution < 1.29 is 9.47 Å². The minimum Gasteiger partial charge on any atom is -0.475 e. The molecule has 24 heavy (non-hydrogen) atoms.